The molecule has 0 fully saturated rings. The Bertz CT molecular complexity index is 904. The summed E-state index contributed by atoms with van der Waals surface area (Å²) in [7, 11) is 0. The topological polar surface area (TPSA) is 95.9 Å². The molecule has 0 rings (SSSR count). The molecule has 0 aromatic rings. The van der Waals surface area contributed by atoms with Crippen LogP contribution in [0.1, 0.15) is 271 Å². The van der Waals surface area contributed by atoms with Crippen LogP contribution in [-0.2, 0) is 14.3 Å². The van der Waals surface area contributed by atoms with Crippen molar-refractivity contribution in [3.05, 3.63) is 24.3 Å². The van der Waals surface area contributed by atoms with Gasteiger partial charge in [0.05, 0.1) is 25.4 Å². The van der Waals surface area contributed by atoms with Crippen LogP contribution < -0.4 is 5.32 Å². The lowest BCUT2D eigenvalue weighted by molar-refractivity contribution is -0.143. The normalized spacial score (nSPS) is 12.8. The second-order valence-electron chi connectivity index (χ2n) is 17.5. The smallest absolute Gasteiger partial charge is 0.305 e. The van der Waals surface area contributed by atoms with E-state index in [-0.39, 0.29) is 18.5 Å². The van der Waals surface area contributed by atoms with Crippen molar-refractivity contribution in [1.29, 1.82) is 0 Å². The number of hydrogen-bond donors (Lipinski definition) is 3. The Balaban J connectivity index is 3.44. The summed E-state index contributed by atoms with van der Waals surface area (Å²) in [6.45, 7) is 4.89. The minimum atomic E-state index is -0.668. The molecule has 3 N–H and O–H groups in total. The molecule has 342 valence electrons. The highest BCUT2D eigenvalue weighted by Gasteiger charge is 2.20. The van der Waals surface area contributed by atoms with Crippen molar-refractivity contribution < 1.29 is 24.5 Å². The van der Waals surface area contributed by atoms with Gasteiger partial charge in [-0.2, -0.15) is 0 Å². The number of carbonyl (C=O) groups excluding carboxylic acids is 2. The summed E-state index contributed by atoms with van der Waals surface area (Å²) in [5.74, 6) is -0.0538. The van der Waals surface area contributed by atoms with Crippen LogP contribution in [0.15, 0.2) is 24.3 Å². The zero-order valence-electron chi connectivity index (χ0n) is 38.8. The number of hydrogen-bond acceptors (Lipinski definition) is 5. The van der Waals surface area contributed by atoms with Crippen LogP contribution in [0.4, 0.5) is 0 Å². The van der Waals surface area contributed by atoms with Gasteiger partial charge < -0.3 is 20.3 Å². The van der Waals surface area contributed by atoms with Crippen molar-refractivity contribution in [2.24, 2.45) is 0 Å². The van der Waals surface area contributed by atoms with Crippen LogP contribution in [0.5, 0.6) is 0 Å². The van der Waals surface area contributed by atoms with Crippen LogP contribution in [0.3, 0.4) is 0 Å². The number of aliphatic hydroxyl groups is 2. The van der Waals surface area contributed by atoms with Crippen LogP contribution >= 0.6 is 0 Å². The van der Waals surface area contributed by atoms with E-state index in [0.29, 0.717) is 25.9 Å². The molecule has 6 nitrogen and oxygen atoms in total. The summed E-state index contributed by atoms with van der Waals surface area (Å²) < 4.78 is 5.44. The molecule has 0 saturated heterocycles. The minimum Gasteiger partial charge on any atom is -0.466 e. The average Bonchev–Trinajstić information content (AvgIpc) is 3.22. The third-order valence-corrected chi connectivity index (χ3v) is 11.7. The van der Waals surface area contributed by atoms with Gasteiger partial charge in [0.2, 0.25) is 5.91 Å². The summed E-state index contributed by atoms with van der Waals surface area (Å²) in [6, 6.07) is -0.547. The van der Waals surface area contributed by atoms with E-state index in [1.807, 2.05) is 0 Å². The molecule has 0 radical (unpaired) electrons. The first kappa shape index (κ1) is 56.3. The molecule has 2 unspecified atom stereocenters. The number of allylic oxidation sites excluding steroid dienone is 4. The zero-order chi connectivity index (χ0) is 42.3. The SMILES string of the molecule is CCCC/C=C\CCCCCCCC(=O)OCCCCCCCCCC/C=C\CCCCCCCCCC(=O)NC(CO)C(O)CCCCCCCCCCCCC. The fourth-order valence-electron chi connectivity index (χ4n) is 7.73. The van der Waals surface area contributed by atoms with Crippen molar-refractivity contribution in [3.63, 3.8) is 0 Å². The van der Waals surface area contributed by atoms with Gasteiger partial charge in [-0.25, -0.2) is 0 Å². The number of carbonyl (C=O) groups is 2. The first-order chi connectivity index (χ1) is 28.5. The summed E-state index contributed by atoms with van der Waals surface area (Å²) in [6.07, 6.45) is 55.8. The fraction of sp³-hybridized carbons (Fsp3) is 0.885. The summed E-state index contributed by atoms with van der Waals surface area (Å²) in [5, 5.41) is 23.1. The van der Waals surface area contributed by atoms with Crippen molar-refractivity contribution in [2.45, 2.75) is 283 Å². The number of ether oxygens (including phenoxy) is 1. The Morgan fingerprint density at radius 3 is 1.28 bits per heavy atom. The molecule has 6 heteroatoms. The highest BCUT2D eigenvalue weighted by atomic mass is 16.5. The lowest BCUT2D eigenvalue weighted by Crippen LogP contribution is -2.45. The van der Waals surface area contributed by atoms with E-state index in [2.05, 4.69) is 43.5 Å². The number of amides is 1. The second-order valence-corrected chi connectivity index (χ2v) is 17.5. The Kier molecular flexibility index (Phi) is 46.6. The first-order valence-corrected chi connectivity index (χ1v) is 25.6. The van der Waals surface area contributed by atoms with Gasteiger partial charge in [-0.05, 0) is 70.6 Å². The van der Waals surface area contributed by atoms with Gasteiger partial charge in [0.1, 0.15) is 0 Å². The molecule has 0 bridgehead atoms. The molecule has 0 aromatic carbocycles. The van der Waals surface area contributed by atoms with Crippen LogP contribution in [0.2, 0.25) is 0 Å². The Morgan fingerprint density at radius 1 is 0.466 bits per heavy atom. The Morgan fingerprint density at radius 2 is 0.828 bits per heavy atom. The largest absolute Gasteiger partial charge is 0.466 e. The maximum Gasteiger partial charge on any atom is 0.305 e. The third-order valence-electron chi connectivity index (χ3n) is 11.7. The molecule has 0 aliphatic rings. The van der Waals surface area contributed by atoms with E-state index >= 15 is 0 Å². The van der Waals surface area contributed by atoms with Crippen LogP contribution in [-0.4, -0.2) is 47.4 Å². The number of rotatable bonds is 47. The number of esters is 1. The van der Waals surface area contributed by atoms with E-state index < -0.39 is 12.1 Å². The third kappa shape index (κ3) is 43.9. The van der Waals surface area contributed by atoms with Crippen molar-refractivity contribution in [2.75, 3.05) is 13.2 Å². The van der Waals surface area contributed by atoms with Gasteiger partial charge in [-0.15, -0.1) is 0 Å². The van der Waals surface area contributed by atoms with Gasteiger partial charge in [-0.3, -0.25) is 9.59 Å². The first-order valence-electron chi connectivity index (χ1n) is 25.6. The van der Waals surface area contributed by atoms with Crippen LogP contribution in [0, 0.1) is 0 Å². The summed E-state index contributed by atoms with van der Waals surface area (Å²) in [4.78, 5) is 24.4. The number of unbranched alkanes of at least 4 members (excludes halogenated alkanes) is 32. The maximum atomic E-state index is 12.4. The molecule has 0 aliphatic carbocycles. The molecular formula is C52H99NO5. The van der Waals surface area contributed by atoms with E-state index in [1.165, 1.54) is 193 Å². The van der Waals surface area contributed by atoms with E-state index in [9.17, 15) is 19.8 Å². The highest BCUT2D eigenvalue weighted by Crippen LogP contribution is 2.16. The minimum absolute atomic E-state index is 0.00761. The molecule has 0 aliphatic heterocycles. The summed E-state index contributed by atoms with van der Waals surface area (Å²) in [5.41, 5.74) is 0. The fourth-order valence-corrected chi connectivity index (χ4v) is 7.73. The van der Waals surface area contributed by atoms with Gasteiger partial charge in [-0.1, -0.05) is 212 Å². The molecule has 58 heavy (non-hydrogen) atoms. The predicted octanol–water partition coefficient (Wildman–Crippen LogP) is 15.1. The molecular weight excluding hydrogens is 719 g/mol. The monoisotopic (exact) mass is 818 g/mol. The molecule has 2 atom stereocenters. The lowest BCUT2D eigenvalue weighted by atomic mass is 10.0. The maximum absolute atomic E-state index is 12.4. The highest BCUT2D eigenvalue weighted by molar-refractivity contribution is 5.76. The lowest BCUT2D eigenvalue weighted by Gasteiger charge is -2.22. The second kappa shape index (κ2) is 48.0. The van der Waals surface area contributed by atoms with Crippen LogP contribution in [0.25, 0.3) is 0 Å². The van der Waals surface area contributed by atoms with Crippen molar-refractivity contribution >= 4 is 11.9 Å². The van der Waals surface area contributed by atoms with E-state index in [0.717, 1.165) is 44.9 Å². The van der Waals surface area contributed by atoms with Gasteiger partial charge in [0.25, 0.3) is 0 Å². The van der Waals surface area contributed by atoms with Crippen molar-refractivity contribution in [3.8, 4) is 0 Å². The number of aliphatic hydroxyl groups excluding tert-OH is 2. The molecule has 0 spiro atoms. The van der Waals surface area contributed by atoms with Crippen molar-refractivity contribution in [1.82, 2.24) is 5.32 Å². The van der Waals surface area contributed by atoms with E-state index in [4.69, 9.17) is 4.74 Å². The molecule has 0 aromatic heterocycles. The average molecular weight is 818 g/mol. The Hall–Kier alpha value is -1.66. The molecule has 0 saturated carbocycles. The number of nitrogens with one attached hydrogen (secondary N) is 1. The standard InChI is InChI=1S/C52H99NO5/c1-3-5-7-9-11-13-24-28-32-36-40-44-50(55)49(48-54)53-51(56)45-41-37-33-29-26-22-20-18-16-15-17-19-21-23-27-31-35-39-43-47-58-52(57)46-42-38-34-30-25-14-12-10-8-6-4-2/h10,12,15-16,49-50,54-55H,3-9,11,13-14,17-48H2,1-2H3,(H,53,56)/b12-10-,16-15-. The molecule has 0 heterocycles. The Labute approximate surface area is 361 Å². The van der Waals surface area contributed by atoms with Gasteiger partial charge >= 0.3 is 5.97 Å². The van der Waals surface area contributed by atoms with E-state index in [1.54, 1.807) is 0 Å². The van der Waals surface area contributed by atoms with Gasteiger partial charge in [0.15, 0.2) is 0 Å². The summed E-state index contributed by atoms with van der Waals surface area (Å²) >= 11 is 0. The van der Waals surface area contributed by atoms with Gasteiger partial charge in [0, 0.05) is 12.8 Å². The predicted molar refractivity (Wildman–Crippen MR) is 250 cm³/mol. The molecule has 1 amide bonds. The zero-order valence-corrected chi connectivity index (χ0v) is 38.8. The quantitative estimate of drug-likeness (QED) is 0.0323.